The number of hydrogen-bond donors (Lipinski definition) is 2. The van der Waals surface area contributed by atoms with E-state index in [4.69, 9.17) is 9.47 Å². The predicted molar refractivity (Wildman–Crippen MR) is 136 cm³/mol. The molecule has 2 amide bonds. The van der Waals surface area contributed by atoms with Gasteiger partial charge in [-0.25, -0.2) is 0 Å². The molecular formula is C28H30N2O5. The number of esters is 1. The van der Waals surface area contributed by atoms with Gasteiger partial charge < -0.3 is 20.1 Å². The number of amides is 2. The van der Waals surface area contributed by atoms with E-state index in [2.05, 4.69) is 10.6 Å². The minimum atomic E-state index is -0.618. The van der Waals surface area contributed by atoms with Crippen LogP contribution in [-0.4, -0.2) is 24.4 Å². The molecule has 0 atom stereocenters. The SMILES string of the molecule is Cc1ccc(NC(=O)COC(=O)CCC(=O)Nc2ccc(Oc3ccc(C)c(C)c3)cc2)c(C)c1. The van der Waals surface area contributed by atoms with E-state index in [0.29, 0.717) is 17.1 Å². The second kappa shape index (κ2) is 11.8. The summed E-state index contributed by atoms with van der Waals surface area (Å²) in [6.07, 6.45) is -0.185. The van der Waals surface area contributed by atoms with Gasteiger partial charge in [0.2, 0.25) is 5.91 Å². The van der Waals surface area contributed by atoms with Crippen LogP contribution < -0.4 is 15.4 Å². The third kappa shape index (κ3) is 7.99. The highest BCUT2D eigenvalue weighted by atomic mass is 16.5. The number of rotatable bonds is 9. The number of nitrogens with one attached hydrogen (secondary N) is 2. The number of anilines is 2. The van der Waals surface area contributed by atoms with Crippen LogP contribution in [0.3, 0.4) is 0 Å². The lowest BCUT2D eigenvalue weighted by atomic mass is 10.1. The van der Waals surface area contributed by atoms with Crippen molar-refractivity contribution in [2.75, 3.05) is 17.2 Å². The average molecular weight is 475 g/mol. The summed E-state index contributed by atoms with van der Waals surface area (Å²) in [6.45, 7) is 7.51. The molecule has 2 N–H and O–H groups in total. The Labute approximate surface area is 205 Å². The molecule has 3 rings (SSSR count). The molecule has 182 valence electrons. The second-order valence-electron chi connectivity index (χ2n) is 8.45. The van der Waals surface area contributed by atoms with Crippen molar-refractivity contribution < 1.29 is 23.9 Å². The molecule has 0 aromatic heterocycles. The average Bonchev–Trinajstić information content (AvgIpc) is 2.82. The van der Waals surface area contributed by atoms with Crippen molar-refractivity contribution in [2.24, 2.45) is 0 Å². The number of carbonyl (C=O) groups excluding carboxylic acids is 3. The topological polar surface area (TPSA) is 93.7 Å². The highest BCUT2D eigenvalue weighted by molar-refractivity contribution is 5.94. The van der Waals surface area contributed by atoms with Gasteiger partial charge >= 0.3 is 5.97 Å². The quantitative estimate of drug-likeness (QED) is 0.393. The van der Waals surface area contributed by atoms with Crippen LogP contribution in [0.25, 0.3) is 0 Å². The fraction of sp³-hybridized carbons (Fsp3) is 0.250. The number of benzene rings is 3. The first-order valence-electron chi connectivity index (χ1n) is 11.4. The lowest BCUT2D eigenvalue weighted by Gasteiger charge is -2.10. The minimum Gasteiger partial charge on any atom is -0.457 e. The summed E-state index contributed by atoms with van der Waals surface area (Å²) in [5.41, 5.74) is 5.61. The van der Waals surface area contributed by atoms with E-state index in [1.807, 2.05) is 58.0 Å². The standard InChI is InChI=1S/C28H30N2O5/c1-18-5-12-25(21(4)15-18)30-27(32)17-34-28(33)14-13-26(31)29-22-7-10-23(11-8-22)35-24-9-6-19(2)20(3)16-24/h5-12,15-16H,13-14,17H2,1-4H3,(H,29,31)(H,30,32). The van der Waals surface area contributed by atoms with Gasteiger partial charge in [0.25, 0.3) is 5.91 Å². The smallest absolute Gasteiger partial charge is 0.306 e. The van der Waals surface area contributed by atoms with Gasteiger partial charge in [0.15, 0.2) is 6.61 Å². The zero-order valence-corrected chi connectivity index (χ0v) is 20.4. The van der Waals surface area contributed by atoms with Gasteiger partial charge in [-0.2, -0.15) is 0 Å². The molecule has 0 unspecified atom stereocenters. The van der Waals surface area contributed by atoms with E-state index in [1.165, 1.54) is 5.56 Å². The Morgan fingerprint density at radius 3 is 2.09 bits per heavy atom. The monoisotopic (exact) mass is 474 g/mol. The fourth-order valence-corrected chi connectivity index (χ4v) is 3.32. The Morgan fingerprint density at radius 2 is 1.40 bits per heavy atom. The normalized spacial score (nSPS) is 10.4. The van der Waals surface area contributed by atoms with E-state index in [1.54, 1.807) is 30.3 Å². The molecular weight excluding hydrogens is 444 g/mol. The maximum Gasteiger partial charge on any atom is 0.306 e. The van der Waals surface area contributed by atoms with Gasteiger partial charge in [0, 0.05) is 17.8 Å². The summed E-state index contributed by atoms with van der Waals surface area (Å²) in [6, 6.07) is 18.5. The number of aryl methyl sites for hydroxylation is 4. The summed E-state index contributed by atoms with van der Waals surface area (Å²) in [7, 11) is 0. The van der Waals surface area contributed by atoms with Crippen LogP contribution in [-0.2, 0) is 19.1 Å². The maximum atomic E-state index is 12.2. The van der Waals surface area contributed by atoms with E-state index in [-0.39, 0.29) is 18.7 Å². The first kappa shape index (κ1) is 25.5. The van der Waals surface area contributed by atoms with Crippen LogP contribution in [0, 0.1) is 27.7 Å². The first-order chi connectivity index (χ1) is 16.7. The summed E-state index contributed by atoms with van der Waals surface area (Å²) in [5.74, 6) is 0.00968. The maximum absolute atomic E-state index is 12.2. The minimum absolute atomic E-state index is 0.0571. The van der Waals surface area contributed by atoms with Crippen molar-refractivity contribution in [1.29, 1.82) is 0 Å². The van der Waals surface area contributed by atoms with Crippen molar-refractivity contribution in [1.82, 2.24) is 0 Å². The van der Waals surface area contributed by atoms with E-state index in [9.17, 15) is 14.4 Å². The summed E-state index contributed by atoms with van der Waals surface area (Å²) >= 11 is 0. The molecule has 7 nitrogen and oxygen atoms in total. The highest BCUT2D eigenvalue weighted by Crippen LogP contribution is 2.25. The van der Waals surface area contributed by atoms with E-state index < -0.39 is 18.5 Å². The number of hydrogen-bond acceptors (Lipinski definition) is 5. The van der Waals surface area contributed by atoms with Crippen LogP contribution in [0.15, 0.2) is 60.7 Å². The highest BCUT2D eigenvalue weighted by Gasteiger charge is 2.12. The van der Waals surface area contributed by atoms with Crippen LogP contribution in [0.2, 0.25) is 0 Å². The van der Waals surface area contributed by atoms with E-state index >= 15 is 0 Å². The molecule has 0 saturated heterocycles. The predicted octanol–water partition coefficient (Wildman–Crippen LogP) is 5.61. The third-order valence-electron chi connectivity index (χ3n) is 5.43. The van der Waals surface area contributed by atoms with Gasteiger partial charge in [-0.1, -0.05) is 23.8 Å². The van der Waals surface area contributed by atoms with Gasteiger partial charge in [-0.3, -0.25) is 14.4 Å². The number of ether oxygens (including phenoxy) is 2. The van der Waals surface area contributed by atoms with Gasteiger partial charge in [0.05, 0.1) is 6.42 Å². The fourth-order valence-electron chi connectivity index (χ4n) is 3.32. The molecule has 0 fully saturated rings. The second-order valence-corrected chi connectivity index (χ2v) is 8.45. The van der Waals surface area contributed by atoms with Crippen LogP contribution in [0.5, 0.6) is 11.5 Å². The van der Waals surface area contributed by atoms with Crippen LogP contribution in [0.1, 0.15) is 35.1 Å². The molecule has 35 heavy (non-hydrogen) atoms. The van der Waals surface area contributed by atoms with Crippen molar-refractivity contribution in [3.63, 3.8) is 0 Å². The van der Waals surface area contributed by atoms with Crippen molar-refractivity contribution in [2.45, 2.75) is 40.5 Å². The largest absolute Gasteiger partial charge is 0.457 e. The third-order valence-corrected chi connectivity index (χ3v) is 5.43. The van der Waals surface area contributed by atoms with Crippen LogP contribution >= 0.6 is 0 Å². The summed E-state index contributed by atoms with van der Waals surface area (Å²) in [5, 5.41) is 5.44. The van der Waals surface area contributed by atoms with Gasteiger partial charge in [0.1, 0.15) is 11.5 Å². The zero-order valence-electron chi connectivity index (χ0n) is 20.4. The molecule has 0 aliphatic heterocycles. The molecule has 0 aliphatic rings. The molecule has 0 aliphatic carbocycles. The Bertz CT molecular complexity index is 1220. The molecule has 0 radical (unpaired) electrons. The molecule has 3 aromatic carbocycles. The molecule has 7 heteroatoms. The zero-order chi connectivity index (χ0) is 25.4. The summed E-state index contributed by atoms with van der Waals surface area (Å²) in [4.78, 5) is 36.1. The van der Waals surface area contributed by atoms with Crippen LogP contribution in [0.4, 0.5) is 11.4 Å². The Balaban J connectivity index is 1.38. The summed E-state index contributed by atoms with van der Waals surface area (Å²) < 4.78 is 10.8. The van der Waals surface area contributed by atoms with Crippen molar-refractivity contribution >= 4 is 29.2 Å². The van der Waals surface area contributed by atoms with Crippen molar-refractivity contribution in [3.05, 3.63) is 82.9 Å². The lowest BCUT2D eigenvalue weighted by Crippen LogP contribution is -2.22. The Kier molecular flexibility index (Phi) is 8.62. The van der Waals surface area contributed by atoms with Crippen molar-refractivity contribution in [3.8, 4) is 11.5 Å². The van der Waals surface area contributed by atoms with E-state index in [0.717, 1.165) is 22.4 Å². The molecule has 0 bridgehead atoms. The molecule has 0 spiro atoms. The first-order valence-corrected chi connectivity index (χ1v) is 11.4. The van der Waals surface area contributed by atoms with Gasteiger partial charge in [-0.05, 0) is 86.8 Å². The Morgan fingerprint density at radius 1 is 0.686 bits per heavy atom. The molecule has 0 heterocycles. The number of carbonyl (C=O) groups is 3. The molecule has 3 aromatic rings. The Hall–Kier alpha value is -4.13. The lowest BCUT2D eigenvalue weighted by molar-refractivity contribution is -0.147. The molecule has 0 saturated carbocycles. The van der Waals surface area contributed by atoms with Gasteiger partial charge in [-0.15, -0.1) is 0 Å².